The monoisotopic (exact) mass is 230 g/mol. The second kappa shape index (κ2) is 4.25. The Labute approximate surface area is 90.8 Å². The molecule has 0 aliphatic rings. The summed E-state index contributed by atoms with van der Waals surface area (Å²) in [5.41, 5.74) is 0.302. The van der Waals surface area contributed by atoms with Gasteiger partial charge in [-0.2, -0.15) is 10.0 Å². The summed E-state index contributed by atoms with van der Waals surface area (Å²) in [6.45, 7) is 0. The number of hydrogen-bond acceptors (Lipinski definition) is 0. The molecule has 0 unspecified atom stereocenters. The van der Waals surface area contributed by atoms with Gasteiger partial charge in [-0.1, -0.05) is 23.6 Å². The summed E-state index contributed by atoms with van der Waals surface area (Å²) in [4.78, 5) is 0. The molecule has 0 fully saturated rings. The molecule has 0 saturated carbocycles. The second-order valence-corrected chi connectivity index (χ2v) is 7.95. The van der Waals surface area contributed by atoms with E-state index in [1.165, 1.54) is 6.07 Å². The molecule has 1 aromatic carbocycles. The quantitative estimate of drug-likeness (QED) is 0.599. The fourth-order valence-electron chi connectivity index (χ4n) is 0.821. The maximum absolute atomic E-state index is 13.2. The van der Waals surface area contributed by atoms with Crippen LogP contribution < -0.4 is 0 Å². The first-order chi connectivity index (χ1) is 6.40. The smallest absolute Gasteiger partial charge is 0.140 e. The van der Waals surface area contributed by atoms with E-state index in [0.717, 1.165) is 0 Å². The molecule has 0 nitrogen and oxygen atoms in total. The van der Waals surface area contributed by atoms with Crippen molar-refractivity contribution in [1.82, 2.24) is 0 Å². The summed E-state index contributed by atoms with van der Waals surface area (Å²) in [6.07, 6.45) is 6.15. The first-order valence-corrected chi connectivity index (χ1v) is 7.29. The van der Waals surface area contributed by atoms with E-state index >= 15 is 0 Å². The molecule has 1 aromatic rings. The molecule has 0 bridgehead atoms. The first kappa shape index (κ1) is 11.4. The second-order valence-electron chi connectivity index (χ2n) is 3.66. The lowest BCUT2D eigenvalue weighted by atomic mass is 10.2. The third-order valence-electron chi connectivity index (χ3n) is 1.44. The Morgan fingerprint density at radius 3 is 2.43 bits per heavy atom. The highest BCUT2D eigenvalue weighted by Gasteiger charge is 2.04. The third-order valence-corrected chi connectivity index (χ3v) is 2.47. The fourth-order valence-corrected chi connectivity index (χ4v) is 1.44. The SMILES string of the molecule is CS(C)(C)C#Cc1c(F)cccc1Cl. The summed E-state index contributed by atoms with van der Waals surface area (Å²) in [6, 6.07) is 4.59. The van der Waals surface area contributed by atoms with E-state index < -0.39 is 10.0 Å². The van der Waals surface area contributed by atoms with Crippen molar-refractivity contribution in [3.05, 3.63) is 34.6 Å². The number of halogens is 2. The maximum atomic E-state index is 13.2. The van der Waals surface area contributed by atoms with Crippen LogP contribution in [0.2, 0.25) is 5.02 Å². The zero-order valence-electron chi connectivity index (χ0n) is 8.40. The van der Waals surface area contributed by atoms with Gasteiger partial charge in [-0.25, -0.2) is 4.39 Å². The molecule has 0 saturated heterocycles. The van der Waals surface area contributed by atoms with Gasteiger partial charge in [0.15, 0.2) is 0 Å². The minimum atomic E-state index is -0.942. The van der Waals surface area contributed by atoms with E-state index in [0.29, 0.717) is 10.6 Å². The van der Waals surface area contributed by atoms with Crippen LogP contribution in [-0.2, 0) is 0 Å². The van der Waals surface area contributed by atoms with E-state index in [-0.39, 0.29) is 5.82 Å². The minimum Gasteiger partial charge on any atom is -0.206 e. The molecule has 0 aliphatic heterocycles. The van der Waals surface area contributed by atoms with E-state index in [1.54, 1.807) is 12.1 Å². The van der Waals surface area contributed by atoms with Crippen molar-refractivity contribution in [2.75, 3.05) is 18.8 Å². The molecule has 76 valence electrons. The Hall–Kier alpha value is -0.650. The van der Waals surface area contributed by atoms with Gasteiger partial charge in [-0.3, -0.25) is 0 Å². The molecule has 0 N–H and O–H groups in total. The van der Waals surface area contributed by atoms with Crippen molar-refractivity contribution in [2.24, 2.45) is 0 Å². The summed E-state index contributed by atoms with van der Waals surface area (Å²) in [5, 5.41) is 3.40. The molecule has 0 spiro atoms. The van der Waals surface area contributed by atoms with Gasteiger partial charge in [0.2, 0.25) is 0 Å². The average Bonchev–Trinajstić information content (AvgIpc) is 2.01. The standard InChI is InChI=1S/C11H12ClFS/c1-14(2,3)8-7-9-10(12)5-4-6-11(9)13/h4-6H,1-3H3. The Kier molecular flexibility index (Phi) is 3.47. The lowest BCUT2D eigenvalue weighted by molar-refractivity contribution is 0.624. The van der Waals surface area contributed by atoms with Gasteiger partial charge >= 0.3 is 0 Å². The highest BCUT2D eigenvalue weighted by Crippen LogP contribution is 2.32. The van der Waals surface area contributed by atoms with Gasteiger partial charge in [0.25, 0.3) is 0 Å². The summed E-state index contributed by atoms with van der Waals surface area (Å²) in [5.74, 6) is 2.45. The van der Waals surface area contributed by atoms with Crippen LogP contribution in [0.25, 0.3) is 0 Å². The lowest BCUT2D eigenvalue weighted by Crippen LogP contribution is -1.88. The van der Waals surface area contributed by atoms with E-state index in [9.17, 15) is 4.39 Å². The highest BCUT2D eigenvalue weighted by atomic mass is 35.5. The average molecular weight is 231 g/mol. The topological polar surface area (TPSA) is 0 Å². The van der Waals surface area contributed by atoms with E-state index in [1.807, 2.05) is 0 Å². The van der Waals surface area contributed by atoms with Crippen LogP contribution in [0.4, 0.5) is 4.39 Å². The normalized spacial score (nSPS) is 11.8. The molecule has 0 atom stereocenters. The first-order valence-electron chi connectivity index (χ1n) is 4.05. The van der Waals surface area contributed by atoms with E-state index in [2.05, 4.69) is 29.9 Å². The summed E-state index contributed by atoms with van der Waals surface area (Å²) < 4.78 is 13.2. The number of hydrogen-bond donors (Lipinski definition) is 0. The Balaban J connectivity index is 3.13. The summed E-state index contributed by atoms with van der Waals surface area (Å²) >= 11 is 5.83. The molecule has 1 rings (SSSR count). The molecule has 3 heteroatoms. The Morgan fingerprint density at radius 2 is 1.93 bits per heavy atom. The largest absolute Gasteiger partial charge is 0.206 e. The molecular formula is C11H12ClFS. The van der Waals surface area contributed by atoms with Gasteiger partial charge in [0.05, 0.1) is 10.6 Å². The van der Waals surface area contributed by atoms with Crippen molar-refractivity contribution in [3.8, 4) is 11.2 Å². The van der Waals surface area contributed by atoms with Crippen LogP contribution in [0, 0.1) is 17.0 Å². The van der Waals surface area contributed by atoms with Crippen LogP contribution >= 0.6 is 21.6 Å². The van der Waals surface area contributed by atoms with Crippen LogP contribution in [0.15, 0.2) is 18.2 Å². The van der Waals surface area contributed by atoms with Crippen molar-refractivity contribution >= 4 is 21.6 Å². The van der Waals surface area contributed by atoms with Crippen molar-refractivity contribution in [3.63, 3.8) is 0 Å². The Bertz CT molecular complexity index is 376. The van der Waals surface area contributed by atoms with Crippen LogP contribution in [-0.4, -0.2) is 18.8 Å². The van der Waals surface area contributed by atoms with Crippen molar-refractivity contribution in [1.29, 1.82) is 0 Å². The molecule has 0 aromatic heterocycles. The molecule has 0 amide bonds. The fraction of sp³-hybridized carbons (Fsp3) is 0.273. The van der Waals surface area contributed by atoms with Crippen molar-refractivity contribution < 1.29 is 4.39 Å². The third kappa shape index (κ3) is 3.25. The zero-order chi connectivity index (χ0) is 10.8. The molecule has 0 aliphatic carbocycles. The van der Waals surface area contributed by atoms with E-state index in [4.69, 9.17) is 11.6 Å². The molecule has 14 heavy (non-hydrogen) atoms. The van der Waals surface area contributed by atoms with Gasteiger partial charge in [0.1, 0.15) is 5.82 Å². The van der Waals surface area contributed by atoms with Gasteiger partial charge in [-0.15, -0.1) is 0 Å². The zero-order valence-corrected chi connectivity index (χ0v) is 9.97. The predicted molar refractivity (Wildman–Crippen MR) is 63.7 cm³/mol. The van der Waals surface area contributed by atoms with Gasteiger partial charge in [-0.05, 0) is 36.2 Å². The predicted octanol–water partition coefficient (Wildman–Crippen LogP) is 3.48. The molecule has 0 heterocycles. The van der Waals surface area contributed by atoms with Crippen molar-refractivity contribution in [2.45, 2.75) is 0 Å². The van der Waals surface area contributed by atoms with Crippen LogP contribution in [0.5, 0.6) is 0 Å². The van der Waals surface area contributed by atoms with Crippen LogP contribution in [0.3, 0.4) is 0 Å². The Morgan fingerprint density at radius 1 is 1.29 bits per heavy atom. The summed E-state index contributed by atoms with van der Waals surface area (Å²) in [7, 11) is -0.942. The van der Waals surface area contributed by atoms with Crippen LogP contribution in [0.1, 0.15) is 5.56 Å². The maximum Gasteiger partial charge on any atom is 0.140 e. The molecular weight excluding hydrogens is 219 g/mol. The minimum absolute atomic E-state index is 0.302. The highest BCUT2D eigenvalue weighted by molar-refractivity contribution is 8.35. The number of benzene rings is 1. The van der Waals surface area contributed by atoms with Gasteiger partial charge < -0.3 is 0 Å². The lowest BCUT2D eigenvalue weighted by Gasteiger charge is -2.14. The number of rotatable bonds is 0. The molecule has 0 radical (unpaired) electrons. The van der Waals surface area contributed by atoms with Gasteiger partial charge in [0, 0.05) is 0 Å².